The molecule has 0 bridgehead atoms. The minimum atomic E-state index is -1.51. The molecule has 0 aromatic heterocycles. The second-order valence-corrected chi connectivity index (χ2v) is 3.29. The Morgan fingerprint density at radius 1 is 1.24 bits per heavy atom. The van der Waals surface area contributed by atoms with E-state index in [-0.39, 0.29) is 18.8 Å². The lowest BCUT2D eigenvalue weighted by atomic mass is 10.2. The van der Waals surface area contributed by atoms with Crippen molar-refractivity contribution < 1.29 is 28.9 Å². The molecule has 98 valence electrons. The summed E-state index contributed by atoms with van der Waals surface area (Å²) in [6.07, 6.45) is -0.479. The van der Waals surface area contributed by atoms with Gasteiger partial charge in [-0.05, 0) is 13.8 Å². The van der Waals surface area contributed by atoms with Crippen LogP contribution in [-0.2, 0) is 23.8 Å². The largest absolute Gasteiger partial charge is 0.481 e. The topological polar surface area (TPSA) is 82.1 Å². The molecule has 0 aromatic rings. The first-order valence-electron chi connectivity index (χ1n) is 5.25. The number of carboxylic acid groups (broad SMARTS) is 1. The fourth-order valence-corrected chi connectivity index (χ4v) is 1.12. The van der Waals surface area contributed by atoms with E-state index in [0.717, 1.165) is 0 Å². The number of hydrogen-bond donors (Lipinski definition) is 1. The zero-order valence-electron chi connectivity index (χ0n) is 10.3. The van der Waals surface area contributed by atoms with Crippen molar-refractivity contribution in [1.82, 2.24) is 0 Å². The van der Waals surface area contributed by atoms with Crippen LogP contribution in [0.2, 0.25) is 0 Å². The van der Waals surface area contributed by atoms with E-state index in [1.807, 2.05) is 0 Å². The first-order valence-corrected chi connectivity index (χ1v) is 5.25. The van der Waals surface area contributed by atoms with Crippen LogP contribution in [0, 0.1) is 0 Å². The smallest absolute Gasteiger partial charge is 0.338 e. The van der Waals surface area contributed by atoms with E-state index in [4.69, 9.17) is 19.3 Å². The highest BCUT2D eigenvalue weighted by molar-refractivity contribution is 5.92. The van der Waals surface area contributed by atoms with Crippen molar-refractivity contribution >= 4 is 11.9 Å². The lowest BCUT2D eigenvalue weighted by molar-refractivity contribution is -0.348. The van der Waals surface area contributed by atoms with Crippen LogP contribution in [0.15, 0.2) is 12.2 Å². The van der Waals surface area contributed by atoms with Gasteiger partial charge < -0.3 is 19.3 Å². The summed E-state index contributed by atoms with van der Waals surface area (Å²) in [4.78, 5) is 21.9. The summed E-state index contributed by atoms with van der Waals surface area (Å²) < 4.78 is 15.2. The predicted octanol–water partition coefficient (Wildman–Crippen LogP) is 1.31. The summed E-state index contributed by atoms with van der Waals surface area (Å²) >= 11 is 0. The van der Waals surface area contributed by atoms with Gasteiger partial charge in [-0.1, -0.05) is 6.58 Å². The third-order valence-electron chi connectivity index (χ3n) is 1.74. The molecule has 0 spiro atoms. The molecule has 0 saturated heterocycles. The van der Waals surface area contributed by atoms with E-state index in [0.29, 0.717) is 0 Å². The fraction of sp³-hybridized carbons (Fsp3) is 0.636. The lowest BCUT2D eigenvalue weighted by Gasteiger charge is -2.28. The monoisotopic (exact) mass is 246 g/mol. The number of carboxylic acids is 1. The molecule has 0 saturated carbocycles. The summed E-state index contributed by atoms with van der Waals surface area (Å²) in [5.41, 5.74) is -0.164. The van der Waals surface area contributed by atoms with Gasteiger partial charge in [-0.2, -0.15) is 0 Å². The molecule has 0 radical (unpaired) electrons. The van der Waals surface area contributed by atoms with Crippen molar-refractivity contribution in [3.63, 3.8) is 0 Å². The van der Waals surface area contributed by atoms with Gasteiger partial charge >= 0.3 is 17.9 Å². The number of carbonyl (C=O) groups excluding carboxylic acids is 1. The van der Waals surface area contributed by atoms with E-state index in [9.17, 15) is 9.59 Å². The number of hydrogen-bond acceptors (Lipinski definition) is 5. The summed E-state index contributed by atoms with van der Waals surface area (Å²) in [5, 5.41) is 8.51. The second-order valence-electron chi connectivity index (χ2n) is 3.29. The lowest BCUT2D eigenvalue weighted by Crippen LogP contribution is -2.38. The minimum Gasteiger partial charge on any atom is -0.481 e. The van der Waals surface area contributed by atoms with Gasteiger partial charge in [0, 0.05) is 12.5 Å². The van der Waals surface area contributed by atoms with Gasteiger partial charge in [-0.15, -0.1) is 0 Å². The average Bonchev–Trinajstić information content (AvgIpc) is 2.16. The summed E-state index contributed by atoms with van der Waals surface area (Å²) in [6.45, 7) is 8.78. The molecule has 0 fully saturated rings. The quantitative estimate of drug-likeness (QED) is 0.395. The van der Waals surface area contributed by atoms with Crippen LogP contribution in [0.25, 0.3) is 0 Å². The van der Waals surface area contributed by atoms with Crippen molar-refractivity contribution in [2.24, 2.45) is 0 Å². The summed E-state index contributed by atoms with van der Waals surface area (Å²) in [7, 11) is 0. The Labute approximate surface area is 100 Å². The molecule has 6 heteroatoms. The number of ether oxygens (including phenoxy) is 3. The third kappa shape index (κ3) is 6.03. The number of aliphatic carboxylic acids is 1. The highest BCUT2D eigenvalue weighted by Crippen LogP contribution is 2.17. The van der Waals surface area contributed by atoms with Gasteiger partial charge in [0.2, 0.25) is 0 Å². The fourth-order valence-electron chi connectivity index (χ4n) is 1.12. The predicted molar refractivity (Wildman–Crippen MR) is 59.1 cm³/mol. The van der Waals surface area contributed by atoms with E-state index >= 15 is 0 Å². The SMILES string of the molecule is C=C(CC(=O)O)C(=O)OC(C)(OCC)OCC. The molecule has 0 atom stereocenters. The molecule has 0 aliphatic carbocycles. The van der Waals surface area contributed by atoms with Crippen molar-refractivity contribution in [3.8, 4) is 0 Å². The van der Waals surface area contributed by atoms with Gasteiger partial charge in [0.15, 0.2) is 0 Å². The molecular formula is C11H18O6. The van der Waals surface area contributed by atoms with Crippen LogP contribution in [0.3, 0.4) is 0 Å². The Morgan fingerprint density at radius 3 is 2.06 bits per heavy atom. The molecular weight excluding hydrogens is 228 g/mol. The molecule has 1 N–H and O–H groups in total. The Morgan fingerprint density at radius 2 is 1.71 bits per heavy atom. The third-order valence-corrected chi connectivity index (χ3v) is 1.74. The van der Waals surface area contributed by atoms with Crippen LogP contribution < -0.4 is 0 Å². The normalized spacial score (nSPS) is 11.0. The first kappa shape index (κ1) is 15.6. The van der Waals surface area contributed by atoms with Crippen molar-refractivity contribution in [2.45, 2.75) is 33.2 Å². The molecule has 0 aliphatic heterocycles. The standard InChI is InChI=1S/C11H18O6/c1-5-15-11(4,16-6-2)17-10(14)8(3)7-9(12)13/h3,5-7H2,1-2,4H3,(H,12,13). The van der Waals surface area contributed by atoms with Gasteiger partial charge in [0.05, 0.1) is 19.6 Å². The maximum Gasteiger partial charge on any atom is 0.338 e. The van der Waals surface area contributed by atoms with Crippen molar-refractivity contribution in [3.05, 3.63) is 12.2 Å². The zero-order chi connectivity index (χ0) is 13.5. The number of esters is 1. The van der Waals surface area contributed by atoms with Crippen LogP contribution in [0.5, 0.6) is 0 Å². The minimum absolute atomic E-state index is 0.164. The Kier molecular flexibility index (Phi) is 6.45. The van der Waals surface area contributed by atoms with E-state index in [1.165, 1.54) is 6.92 Å². The average molecular weight is 246 g/mol. The Balaban J connectivity index is 4.49. The van der Waals surface area contributed by atoms with Crippen molar-refractivity contribution in [2.75, 3.05) is 13.2 Å². The molecule has 0 amide bonds. The van der Waals surface area contributed by atoms with E-state index < -0.39 is 24.3 Å². The van der Waals surface area contributed by atoms with E-state index in [1.54, 1.807) is 13.8 Å². The summed E-state index contributed by atoms with van der Waals surface area (Å²) in [5.74, 6) is -3.51. The van der Waals surface area contributed by atoms with Crippen molar-refractivity contribution in [1.29, 1.82) is 0 Å². The molecule has 6 nitrogen and oxygen atoms in total. The number of rotatable bonds is 8. The molecule has 0 rings (SSSR count). The molecule has 0 aromatic carbocycles. The van der Waals surface area contributed by atoms with Crippen LogP contribution in [-0.4, -0.2) is 36.2 Å². The highest BCUT2D eigenvalue weighted by Gasteiger charge is 2.31. The molecule has 0 aliphatic rings. The Hall–Kier alpha value is -1.40. The Bertz CT molecular complexity index is 290. The zero-order valence-corrected chi connectivity index (χ0v) is 10.3. The maximum absolute atomic E-state index is 11.5. The van der Waals surface area contributed by atoms with Crippen LogP contribution in [0.4, 0.5) is 0 Å². The van der Waals surface area contributed by atoms with E-state index in [2.05, 4.69) is 6.58 Å². The highest BCUT2D eigenvalue weighted by atomic mass is 16.9. The molecule has 0 unspecified atom stereocenters. The molecule has 0 heterocycles. The second kappa shape index (κ2) is 7.03. The number of carbonyl (C=O) groups is 2. The molecule has 17 heavy (non-hydrogen) atoms. The van der Waals surface area contributed by atoms with Gasteiger partial charge in [0.1, 0.15) is 0 Å². The summed E-state index contributed by atoms with van der Waals surface area (Å²) in [6, 6.07) is 0. The first-order chi connectivity index (χ1) is 7.84. The van der Waals surface area contributed by atoms with Gasteiger partial charge in [-0.25, -0.2) is 4.79 Å². The van der Waals surface area contributed by atoms with Gasteiger partial charge in [-0.3, -0.25) is 4.79 Å². The van der Waals surface area contributed by atoms with Gasteiger partial charge in [0.25, 0.3) is 0 Å². The van der Waals surface area contributed by atoms with Crippen LogP contribution >= 0.6 is 0 Å². The maximum atomic E-state index is 11.5. The van der Waals surface area contributed by atoms with Crippen LogP contribution in [0.1, 0.15) is 27.2 Å².